The van der Waals surface area contributed by atoms with E-state index in [0.717, 1.165) is 12.1 Å². The highest BCUT2D eigenvalue weighted by Gasteiger charge is 2.33. The summed E-state index contributed by atoms with van der Waals surface area (Å²) < 4.78 is 78.6. The van der Waals surface area contributed by atoms with Gasteiger partial charge in [0.2, 0.25) is 5.91 Å². The number of nitrogens with one attached hydrogen (secondary N) is 2. The van der Waals surface area contributed by atoms with Gasteiger partial charge >= 0.3 is 6.18 Å². The fourth-order valence-electron chi connectivity index (χ4n) is 3.49. The Kier molecular flexibility index (Phi) is 8.34. The molecule has 7 nitrogen and oxygen atoms in total. The Hall–Kier alpha value is -3.06. The molecule has 1 unspecified atom stereocenters. The molecular weight excluding hydrogens is 524 g/mol. The molecule has 0 bridgehead atoms. The summed E-state index contributed by atoms with van der Waals surface area (Å²) in [5.41, 5.74) is -0.348. The summed E-state index contributed by atoms with van der Waals surface area (Å²) in [6.45, 7) is 0.823. The van der Waals surface area contributed by atoms with Crippen LogP contribution < -0.4 is 15.2 Å². The van der Waals surface area contributed by atoms with Gasteiger partial charge in [0.1, 0.15) is 11.5 Å². The summed E-state index contributed by atoms with van der Waals surface area (Å²) >= 11 is 5.99. The van der Waals surface area contributed by atoms with Crippen LogP contribution in [0.3, 0.4) is 0 Å². The van der Waals surface area contributed by atoms with E-state index in [1.54, 1.807) is 18.2 Å². The van der Waals surface area contributed by atoms with Gasteiger partial charge in [0, 0.05) is 29.2 Å². The number of nitrogens with zero attached hydrogens (tertiary/aromatic N) is 1. The molecule has 3 rings (SSSR count). The van der Waals surface area contributed by atoms with Crippen molar-refractivity contribution in [2.45, 2.75) is 32.1 Å². The monoisotopic (exact) mass is 544 g/mol. The third-order valence-electron chi connectivity index (χ3n) is 5.29. The Morgan fingerprint density at radius 2 is 1.81 bits per heavy atom. The molecule has 3 aromatic rings. The molecule has 0 fully saturated rings. The fourth-order valence-corrected chi connectivity index (χ4v) is 4.03. The second kappa shape index (κ2) is 10.9. The molecule has 0 saturated heterocycles. The number of amides is 1. The molecule has 0 aliphatic carbocycles. The molecule has 36 heavy (non-hydrogen) atoms. The minimum atomic E-state index is -4.68. The highest BCUT2D eigenvalue weighted by Crippen LogP contribution is 2.32. The van der Waals surface area contributed by atoms with Crippen molar-refractivity contribution in [1.29, 1.82) is 0 Å². The van der Waals surface area contributed by atoms with Gasteiger partial charge in [-0.05, 0) is 42.3 Å². The van der Waals surface area contributed by atoms with Crippen molar-refractivity contribution in [1.82, 2.24) is 15.0 Å². The molecule has 1 atom stereocenters. The van der Waals surface area contributed by atoms with Gasteiger partial charge in [-0.1, -0.05) is 41.9 Å². The molecule has 1 aromatic heterocycles. The van der Waals surface area contributed by atoms with Crippen molar-refractivity contribution in [2.24, 2.45) is 5.14 Å². The van der Waals surface area contributed by atoms with Gasteiger partial charge in [0.25, 0.3) is 10.2 Å². The van der Waals surface area contributed by atoms with Gasteiger partial charge in [0.05, 0.1) is 11.6 Å². The molecule has 13 heteroatoms. The van der Waals surface area contributed by atoms with E-state index in [4.69, 9.17) is 16.7 Å². The molecule has 0 saturated carbocycles. The van der Waals surface area contributed by atoms with Crippen molar-refractivity contribution in [3.63, 3.8) is 0 Å². The number of benzene rings is 2. The lowest BCUT2D eigenvalue weighted by Gasteiger charge is -2.18. The van der Waals surface area contributed by atoms with Crippen LogP contribution in [-0.2, 0) is 34.3 Å². The van der Waals surface area contributed by atoms with Crippen LogP contribution in [0.4, 0.5) is 17.6 Å². The number of carbonyl (C=O) groups excluding carboxylic acids is 1. The first-order chi connectivity index (χ1) is 16.8. The first-order valence-electron chi connectivity index (χ1n) is 10.4. The van der Waals surface area contributed by atoms with Gasteiger partial charge in [-0.3, -0.25) is 4.79 Å². The van der Waals surface area contributed by atoms with Crippen LogP contribution in [0, 0.1) is 5.82 Å². The maximum absolute atomic E-state index is 14.4. The minimum Gasteiger partial charge on any atom is -0.351 e. The lowest BCUT2D eigenvalue weighted by Crippen LogP contribution is -2.32. The Bertz CT molecular complexity index is 1380. The minimum absolute atomic E-state index is 0.0101. The standard InChI is InChI=1S/C23H21ClF4N4O3S/c1-13(17-6-3-7-19(25)18(17)12-31-36(29,34)35)22(33)30-11-15-8-9-20(23(26,27)28)32-21(15)14-4-2-5-16(24)10-14/h2-10,13,31H,11-12H2,1H3,(H,30,33)(H2,29,34,35). The van der Waals surface area contributed by atoms with Gasteiger partial charge in [-0.25, -0.2) is 14.5 Å². The predicted molar refractivity (Wildman–Crippen MR) is 126 cm³/mol. The topological polar surface area (TPSA) is 114 Å². The molecule has 0 aliphatic rings. The van der Waals surface area contributed by atoms with Crippen LogP contribution >= 0.6 is 11.6 Å². The van der Waals surface area contributed by atoms with Gasteiger partial charge in [-0.15, -0.1) is 0 Å². The van der Waals surface area contributed by atoms with E-state index in [-0.39, 0.29) is 23.4 Å². The van der Waals surface area contributed by atoms with Crippen LogP contribution in [-0.4, -0.2) is 19.3 Å². The zero-order valence-corrected chi connectivity index (χ0v) is 20.3. The average molecular weight is 545 g/mol. The van der Waals surface area contributed by atoms with E-state index in [0.29, 0.717) is 16.1 Å². The molecule has 0 radical (unpaired) electrons. The Morgan fingerprint density at radius 1 is 1.11 bits per heavy atom. The van der Waals surface area contributed by atoms with Crippen molar-refractivity contribution in [3.8, 4) is 11.3 Å². The first kappa shape index (κ1) is 27.5. The van der Waals surface area contributed by atoms with Crippen LogP contribution in [0.5, 0.6) is 0 Å². The molecule has 1 amide bonds. The maximum Gasteiger partial charge on any atom is 0.433 e. The Morgan fingerprint density at radius 3 is 2.44 bits per heavy atom. The predicted octanol–water partition coefficient (Wildman–Crippen LogP) is 4.27. The highest BCUT2D eigenvalue weighted by atomic mass is 35.5. The molecular formula is C23H21ClF4N4O3S. The second-order valence-corrected chi connectivity index (χ2v) is 9.64. The number of alkyl halides is 3. The van der Waals surface area contributed by atoms with Gasteiger partial charge < -0.3 is 5.32 Å². The van der Waals surface area contributed by atoms with E-state index < -0.39 is 46.3 Å². The second-order valence-electron chi connectivity index (χ2n) is 7.83. The number of nitrogens with two attached hydrogens (primary N) is 1. The van der Waals surface area contributed by atoms with E-state index in [1.165, 1.54) is 31.2 Å². The van der Waals surface area contributed by atoms with E-state index in [1.807, 2.05) is 4.72 Å². The largest absolute Gasteiger partial charge is 0.433 e. The summed E-state index contributed by atoms with van der Waals surface area (Å²) in [4.78, 5) is 16.6. The lowest BCUT2D eigenvalue weighted by atomic mass is 9.94. The van der Waals surface area contributed by atoms with Crippen molar-refractivity contribution in [3.05, 3.63) is 87.8 Å². The number of hydrogen-bond acceptors (Lipinski definition) is 4. The van der Waals surface area contributed by atoms with Crippen molar-refractivity contribution < 1.29 is 30.8 Å². The number of carbonyl (C=O) groups is 1. The summed E-state index contributed by atoms with van der Waals surface area (Å²) in [6, 6.07) is 12.1. The van der Waals surface area contributed by atoms with Gasteiger partial charge in [-0.2, -0.15) is 26.3 Å². The first-order valence-corrected chi connectivity index (χ1v) is 12.3. The summed E-state index contributed by atoms with van der Waals surface area (Å²) in [6.07, 6.45) is -4.68. The maximum atomic E-state index is 14.4. The van der Waals surface area contributed by atoms with Crippen molar-refractivity contribution in [2.75, 3.05) is 0 Å². The molecule has 2 aromatic carbocycles. The lowest BCUT2D eigenvalue weighted by molar-refractivity contribution is -0.141. The molecule has 192 valence electrons. The number of halogens is 5. The van der Waals surface area contributed by atoms with Crippen LogP contribution in [0.15, 0.2) is 54.6 Å². The highest BCUT2D eigenvalue weighted by molar-refractivity contribution is 7.87. The smallest absolute Gasteiger partial charge is 0.351 e. The Labute approximate surface area is 209 Å². The summed E-state index contributed by atoms with van der Waals surface area (Å²) in [7, 11) is -4.11. The fraction of sp³-hybridized carbons (Fsp3) is 0.217. The molecule has 4 N–H and O–H groups in total. The third-order valence-corrected chi connectivity index (χ3v) is 6.07. The zero-order valence-electron chi connectivity index (χ0n) is 18.7. The third kappa shape index (κ3) is 7.00. The number of hydrogen-bond donors (Lipinski definition) is 3. The van der Waals surface area contributed by atoms with Gasteiger partial charge in [0.15, 0.2) is 0 Å². The summed E-state index contributed by atoms with van der Waals surface area (Å²) in [5, 5.41) is 7.83. The molecule has 1 heterocycles. The summed E-state index contributed by atoms with van der Waals surface area (Å²) in [5.74, 6) is -2.25. The molecule has 0 spiro atoms. The number of rotatable bonds is 8. The SMILES string of the molecule is CC(C(=O)NCc1ccc(C(F)(F)F)nc1-c1cccc(Cl)c1)c1cccc(F)c1CNS(N)(=O)=O. The zero-order chi connectivity index (χ0) is 26.7. The Balaban J connectivity index is 1.87. The van der Waals surface area contributed by atoms with Crippen LogP contribution in [0.1, 0.15) is 35.2 Å². The number of pyridine rings is 1. The quantitative estimate of drug-likeness (QED) is 0.367. The average Bonchev–Trinajstić information content (AvgIpc) is 2.79. The van der Waals surface area contributed by atoms with Crippen molar-refractivity contribution >= 4 is 27.7 Å². The van der Waals surface area contributed by atoms with Crippen LogP contribution in [0.25, 0.3) is 11.3 Å². The van der Waals surface area contributed by atoms with E-state index >= 15 is 0 Å². The normalized spacial score (nSPS) is 12.9. The number of aromatic nitrogens is 1. The van der Waals surface area contributed by atoms with Crippen LogP contribution in [0.2, 0.25) is 5.02 Å². The molecule has 0 aliphatic heterocycles. The van der Waals surface area contributed by atoms with E-state index in [2.05, 4.69) is 10.3 Å². The van der Waals surface area contributed by atoms with E-state index in [9.17, 15) is 30.8 Å².